The van der Waals surface area contributed by atoms with Crippen molar-refractivity contribution in [3.63, 3.8) is 0 Å². The van der Waals surface area contributed by atoms with Gasteiger partial charge >= 0.3 is 5.97 Å². The van der Waals surface area contributed by atoms with Crippen molar-refractivity contribution in [2.75, 3.05) is 32.9 Å². The van der Waals surface area contributed by atoms with Crippen LogP contribution in [0.1, 0.15) is 121 Å². The fourth-order valence-corrected chi connectivity index (χ4v) is 6.79. The minimum Gasteiger partial charge on any atom is -0.748 e. The van der Waals surface area contributed by atoms with E-state index in [2.05, 4.69) is 26.6 Å². The van der Waals surface area contributed by atoms with Gasteiger partial charge in [-0.3, -0.25) is 24.0 Å². The molecule has 0 saturated carbocycles. The third-order valence-electron chi connectivity index (χ3n) is 9.03. The molecule has 0 aromatic rings. The van der Waals surface area contributed by atoms with E-state index in [1.165, 1.54) is 0 Å². The Kier molecular flexibility index (Phi) is 23.7. The summed E-state index contributed by atoms with van der Waals surface area (Å²) in [4.78, 5) is 79.6. The van der Waals surface area contributed by atoms with Gasteiger partial charge in [0.15, 0.2) is 0 Å². The number of hydrogen-bond donors (Lipinski definition) is 6. The van der Waals surface area contributed by atoms with E-state index in [-0.39, 0.29) is 74.0 Å². The highest BCUT2D eigenvalue weighted by Crippen LogP contribution is 2.14. The average Bonchev–Trinajstić information content (AvgIpc) is 3.00. The number of rotatable bonds is 28. The van der Waals surface area contributed by atoms with Crippen molar-refractivity contribution < 1.29 is 51.3 Å². The maximum atomic E-state index is 13.9. The lowest BCUT2D eigenvalue weighted by Gasteiger charge is -2.30. The minimum absolute atomic E-state index is 0.00165. The number of carboxylic acid groups (broad SMARTS) is 1. The topological polar surface area (TPSA) is 240 Å². The van der Waals surface area contributed by atoms with E-state index in [1.807, 2.05) is 83.3 Å². The van der Waals surface area contributed by atoms with Crippen molar-refractivity contribution >= 4 is 45.6 Å². The fraction of sp³-hybridized carbons (Fsp3) is 0.846. The van der Waals surface area contributed by atoms with Gasteiger partial charge in [-0.25, -0.2) is 13.2 Å². The van der Waals surface area contributed by atoms with Crippen molar-refractivity contribution in [3.05, 3.63) is 0 Å². The van der Waals surface area contributed by atoms with Crippen molar-refractivity contribution in [2.24, 2.45) is 29.6 Å². The largest absolute Gasteiger partial charge is 0.748 e. The second-order valence-corrected chi connectivity index (χ2v) is 19.5. The number of carbonyl (C=O) groups excluding carboxylic acids is 5. The molecule has 0 aliphatic rings. The van der Waals surface area contributed by atoms with Crippen molar-refractivity contribution in [1.29, 1.82) is 0 Å². The molecular formula is C39H74N6O10S. The summed E-state index contributed by atoms with van der Waals surface area (Å²) in [5.74, 6) is -4.47. The van der Waals surface area contributed by atoms with E-state index in [1.54, 1.807) is 0 Å². The van der Waals surface area contributed by atoms with E-state index in [4.69, 9.17) is 0 Å². The normalized spacial score (nSPS) is 15.0. The van der Waals surface area contributed by atoms with Crippen LogP contribution < -0.4 is 26.6 Å². The molecule has 6 N–H and O–H groups in total. The van der Waals surface area contributed by atoms with Crippen LogP contribution in [0.3, 0.4) is 0 Å². The highest BCUT2D eigenvalue weighted by molar-refractivity contribution is 7.85. The summed E-state index contributed by atoms with van der Waals surface area (Å²) in [5.41, 5.74) is 0. The molecule has 0 aliphatic carbocycles. The average molecular weight is 819 g/mol. The van der Waals surface area contributed by atoms with E-state index < -0.39 is 75.7 Å². The van der Waals surface area contributed by atoms with Crippen LogP contribution in [0.5, 0.6) is 0 Å². The zero-order chi connectivity index (χ0) is 43.6. The fourth-order valence-electron chi connectivity index (χ4n) is 6.31. The molecule has 5 amide bonds. The van der Waals surface area contributed by atoms with Gasteiger partial charge in [0.2, 0.25) is 29.5 Å². The molecule has 326 valence electrons. The number of hydrogen-bond acceptors (Lipinski definition) is 9. The van der Waals surface area contributed by atoms with Crippen molar-refractivity contribution in [1.82, 2.24) is 26.6 Å². The monoisotopic (exact) mass is 819 g/mol. The van der Waals surface area contributed by atoms with Crippen molar-refractivity contribution in [2.45, 2.75) is 151 Å². The number of quaternary nitrogens is 1. The summed E-state index contributed by atoms with van der Waals surface area (Å²) < 4.78 is 33.3. The summed E-state index contributed by atoms with van der Waals surface area (Å²) in [6, 6.07) is -5.24. The number of nitrogens with one attached hydrogen (secondary N) is 5. The lowest BCUT2D eigenvalue weighted by molar-refractivity contribution is -0.890. The highest BCUT2D eigenvalue weighted by Gasteiger charge is 2.33. The molecule has 0 saturated heterocycles. The molecule has 0 aromatic carbocycles. The second kappa shape index (κ2) is 25.1. The number of carboxylic acids is 1. The maximum Gasteiger partial charge on any atom is 0.326 e. The van der Waals surface area contributed by atoms with Gasteiger partial charge in [0, 0.05) is 25.0 Å². The molecule has 5 atom stereocenters. The second-order valence-electron chi connectivity index (χ2n) is 18.0. The molecule has 0 rings (SSSR count). The Hall–Kier alpha value is -3.31. The van der Waals surface area contributed by atoms with Gasteiger partial charge in [0.1, 0.15) is 30.2 Å². The molecule has 0 radical (unpaired) electrons. The first-order valence-electron chi connectivity index (χ1n) is 20.1. The first kappa shape index (κ1) is 52.7. The predicted molar refractivity (Wildman–Crippen MR) is 215 cm³/mol. The van der Waals surface area contributed by atoms with Crippen molar-refractivity contribution in [3.8, 4) is 0 Å². The van der Waals surface area contributed by atoms with E-state index in [0.29, 0.717) is 30.4 Å². The lowest BCUT2D eigenvalue weighted by atomic mass is 9.97. The highest BCUT2D eigenvalue weighted by atomic mass is 32.2. The quantitative estimate of drug-likeness (QED) is 0.0498. The Bertz CT molecular complexity index is 1380. The summed E-state index contributed by atoms with van der Waals surface area (Å²) in [7, 11) is -0.540. The Morgan fingerprint density at radius 3 is 1.11 bits per heavy atom. The van der Waals surface area contributed by atoms with Crippen LogP contribution >= 0.6 is 0 Å². The van der Waals surface area contributed by atoms with Gasteiger partial charge in [0.25, 0.3) is 0 Å². The van der Waals surface area contributed by atoms with Crippen LogP contribution in [-0.2, 0) is 38.9 Å². The standard InChI is InChI=1S/C39H74N6O10S/c1-24(2)19-29(40-34(46)15-13-16-45(11,12)17-14-18-56(53,54)55)35(47)41-30(20-25(3)4)36(48)42-31(21-26(5)6)37(49)43-32(22-27(7)8)38(50)44-33(39(51)52)23-28(9)10/h24-33H,13-23H2,1-12H3,(H6-,40,41,42,43,44,46,47,48,49,50,51,52,53,54,55). The van der Waals surface area contributed by atoms with Crippen LogP contribution in [-0.4, -0.2) is 121 Å². The van der Waals surface area contributed by atoms with Crippen LogP contribution in [0.25, 0.3) is 0 Å². The van der Waals surface area contributed by atoms with Gasteiger partial charge in [0.05, 0.1) is 37.3 Å². The number of nitrogens with zero attached hydrogens (tertiary/aromatic N) is 1. The Morgan fingerprint density at radius 1 is 0.518 bits per heavy atom. The molecule has 0 heterocycles. The SMILES string of the molecule is CC(C)CC(NC(=O)C(CC(C)C)NC(=O)C(CC(C)C)NC(=O)C(CC(C)C)NC(=O)C(CC(C)C)NC(=O)CCC[N+](C)(C)CCCS(=O)(=O)[O-])C(=O)O. The van der Waals surface area contributed by atoms with Gasteiger partial charge in [-0.15, -0.1) is 0 Å². The Balaban J connectivity index is 5.96. The number of carbonyl (C=O) groups is 6. The molecule has 16 nitrogen and oxygen atoms in total. The smallest absolute Gasteiger partial charge is 0.326 e. The third-order valence-corrected chi connectivity index (χ3v) is 9.81. The maximum absolute atomic E-state index is 13.9. The lowest BCUT2D eigenvalue weighted by Crippen LogP contribution is -2.59. The minimum atomic E-state index is -4.30. The first-order valence-corrected chi connectivity index (χ1v) is 21.7. The molecule has 0 spiro atoms. The van der Waals surface area contributed by atoms with Crippen LogP contribution in [0, 0.1) is 29.6 Å². The number of aliphatic carboxylic acids is 1. The Morgan fingerprint density at radius 2 is 0.804 bits per heavy atom. The molecule has 5 unspecified atom stereocenters. The van der Waals surface area contributed by atoms with Gasteiger partial charge in [-0.05, 0) is 61.7 Å². The Labute approximate surface area is 336 Å². The molecule has 0 aromatic heterocycles. The molecule has 0 bridgehead atoms. The van der Waals surface area contributed by atoms with Gasteiger partial charge < -0.3 is 40.7 Å². The molecule has 17 heteroatoms. The zero-order valence-electron chi connectivity index (χ0n) is 36.0. The summed E-state index contributed by atoms with van der Waals surface area (Å²) in [6.45, 7) is 19.7. The molecule has 0 aliphatic heterocycles. The summed E-state index contributed by atoms with van der Waals surface area (Å²) >= 11 is 0. The van der Waals surface area contributed by atoms with E-state index >= 15 is 0 Å². The summed E-state index contributed by atoms with van der Waals surface area (Å²) in [6.07, 6.45) is 1.97. The zero-order valence-corrected chi connectivity index (χ0v) is 36.8. The molecule has 56 heavy (non-hydrogen) atoms. The van der Waals surface area contributed by atoms with Crippen LogP contribution in [0.15, 0.2) is 0 Å². The molecular weight excluding hydrogens is 745 g/mol. The summed E-state index contributed by atoms with van der Waals surface area (Å²) in [5, 5.41) is 23.4. The molecule has 0 fully saturated rings. The van der Waals surface area contributed by atoms with Gasteiger partial charge in [-0.1, -0.05) is 69.2 Å². The van der Waals surface area contributed by atoms with Crippen LogP contribution in [0.4, 0.5) is 0 Å². The van der Waals surface area contributed by atoms with E-state index in [9.17, 15) is 46.8 Å². The van der Waals surface area contributed by atoms with Gasteiger partial charge in [-0.2, -0.15) is 0 Å². The predicted octanol–water partition coefficient (Wildman–Crippen LogP) is 2.52. The van der Waals surface area contributed by atoms with E-state index in [0.717, 1.165) is 0 Å². The third kappa shape index (κ3) is 24.4. The first-order chi connectivity index (χ1) is 25.6. The van der Waals surface area contributed by atoms with Crippen LogP contribution in [0.2, 0.25) is 0 Å². The number of amides is 5.